The molecule has 0 aliphatic rings. The Bertz CT molecular complexity index is 809. The third-order valence-corrected chi connectivity index (χ3v) is 4.00. The SMILES string of the molecule is Cc1ccc(S(N)(=O)=O)cc1.c1ccc(Oc2ccccc2)cc1. The number of benzene rings is 3. The molecule has 0 heterocycles. The summed E-state index contributed by atoms with van der Waals surface area (Å²) in [6, 6.07) is 25.9. The first kappa shape index (κ1) is 17.7. The highest BCUT2D eigenvalue weighted by Gasteiger charge is 2.04. The Hall–Kier alpha value is -2.63. The maximum absolute atomic E-state index is 10.7. The first-order valence-corrected chi connectivity index (χ1v) is 8.87. The van der Waals surface area contributed by atoms with E-state index < -0.39 is 10.0 Å². The van der Waals surface area contributed by atoms with Gasteiger partial charge in [0.05, 0.1) is 4.90 Å². The highest BCUT2D eigenvalue weighted by atomic mass is 32.2. The molecule has 124 valence electrons. The van der Waals surface area contributed by atoms with E-state index >= 15 is 0 Å². The lowest BCUT2D eigenvalue weighted by atomic mass is 10.2. The van der Waals surface area contributed by atoms with Crippen molar-refractivity contribution in [2.75, 3.05) is 0 Å². The lowest BCUT2D eigenvalue weighted by Crippen LogP contribution is -2.11. The van der Waals surface area contributed by atoms with E-state index in [1.54, 1.807) is 12.1 Å². The van der Waals surface area contributed by atoms with Crippen LogP contribution in [0.3, 0.4) is 0 Å². The number of para-hydroxylation sites is 2. The molecular weight excluding hydrogens is 322 g/mol. The summed E-state index contributed by atoms with van der Waals surface area (Å²) in [6.07, 6.45) is 0. The average molecular weight is 341 g/mol. The number of hydrogen-bond acceptors (Lipinski definition) is 3. The van der Waals surface area contributed by atoms with Crippen molar-refractivity contribution in [3.8, 4) is 11.5 Å². The lowest BCUT2D eigenvalue weighted by molar-refractivity contribution is 0.482. The Morgan fingerprint density at radius 1 is 0.708 bits per heavy atom. The summed E-state index contributed by atoms with van der Waals surface area (Å²) in [5.74, 6) is 1.74. The first-order valence-electron chi connectivity index (χ1n) is 7.32. The topological polar surface area (TPSA) is 69.4 Å². The van der Waals surface area contributed by atoms with Crippen molar-refractivity contribution in [1.82, 2.24) is 0 Å². The van der Waals surface area contributed by atoms with Crippen molar-refractivity contribution >= 4 is 10.0 Å². The number of sulfonamides is 1. The molecule has 2 N–H and O–H groups in total. The van der Waals surface area contributed by atoms with Gasteiger partial charge in [0, 0.05) is 0 Å². The fourth-order valence-corrected chi connectivity index (χ4v) is 2.36. The van der Waals surface area contributed by atoms with Crippen LogP contribution in [0.4, 0.5) is 0 Å². The molecule has 0 atom stereocenters. The van der Waals surface area contributed by atoms with Crippen LogP contribution in [-0.4, -0.2) is 8.42 Å². The number of ether oxygens (including phenoxy) is 1. The van der Waals surface area contributed by atoms with Gasteiger partial charge in [-0.2, -0.15) is 0 Å². The Kier molecular flexibility index (Phi) is 6.12. The van der Waals surface area contributed by atoms with Gasteiger partial charge in [-0.3, -0.25) is 0 Å². The minimum Gasteiger partial charge on any atom is -0.457 e. The van der Waals surface area contributed by atoms with Crippen molar-refractivity contribution in [3.05, 3.63) is 90.5 Å². The van der Waals surface area contributed by atoms with E-state index in [0.717, 1.165) is 17.1 Å². The number of primary sulfonamides is 1. The standard InChI is InChI=1S/C12H10O.C7H9NO2S/c1-3-7-11(8-4-1)13-12-9-5-2-6-10-12;1-6-2-4-7(5-3-6)11(8,9)10/h1-10H;2-5H,1H3,(H2,8,9,10). The van der Waals surface area contributed by atoms with Gasteiger partial charge in [0.15, 0.2) is 0 Å². The van der Waals surface area contributed by atoms with Crippen molar-refractivity contribution < 1.29 is 13.2 Å². The second kappa shape index (κ2) is 8.29. The molecule has 24 heavy (non-hydrogen) atoms. The van der Waals surface area contributed by atoms with E-state index in [4.69, 9.17) is 9.88 Å². The van der Waals surface area contributed by atoms with E-state index in [2.05, 4.69) is 0 Å². The van der Waals surface area contributed by atoms with E-state index in [1.807, 2.05) is 67.6 Å². The summed E-state index contributed by atoms with van der Waals surface area (Å²) in [5, 5.41) is 4.88. The molecule has 5 heteroatoms. The molecule has 0 aliphatic heterocycles. The summed E-state index contributed by atoms with van der Waals surface area (Å²) in [7, 11) is -3.52. The van der Waals surface area contributed by atoms with Gasteiger partial charge in [-0.25, -0.2) is 13.6 Å². The second-order valence-corrected chi connectivity index (χ2v) is 6.65. The molecule has 0 radical (unpaired) electrons. The van der Waals surface area contributed by atoms with E-state index in [1.165, 1.54) is 12.1 Å². The van der Waals surface area contributed by atoms with Crippen molar-refractivity contribution in [2.24, 2.45) is 5.14 Å². The van der Waals surface area contributed by atoms with E-state index in [0.29, 0.717) is 0 Å². The van der Waals surface area contributed by atoms with Gasteiger partial charge < -0.3 is 4.74 Å². The molecular formula is C19H19NO3S. The highest BCUT2D eigenvalue weighted by molar-refractivity contribution is 7.89. The minimum atomic E-state index is -3.52. The van der Waals surface area contributed by atoms with Crippen LogP contribution in [0.1, 0.15) is 5.56 Å². The number of rotatable bonds is 3. The number of aryl methyl sites for hydroxylation is 1. The molecule has 4 nitrogen and oxygen atoms in total. The molecule has 0 amide bonds. The predicted octanol–water partition coefficient (Wildman–Crippen LogP) is 4.12. The van der Waals surface area contributed by atoms with Crippen LogP contribution in [0, 0.1) is 6.92 Å². The van der Waals surface area contributed by atoms with Gasteiger partial charge in [-0.05, 0) is 43.3 Å². The monoisotopic (exact) mass is 341 g/mol. The van der Waals surface area contributed by atoms with E-state index in [-0.39, 0.29) is 4.90 Å². The average Bonchev–Trinajstić information content (AvgIpc) is 2.57. The molecule has 0 saturated carbocycles. The quantitative estimate of drug-likeness (QED) is 0.779. The Balaban J connectivity index is 0.000000177. The molecule has 3 rings (SSSR count). The molecule has 3 aromatic carbocycles. The molecule has 0 aliphatic carbocycles. The zero-order valence-electron chi connectivity index (χ0n) is 13.3. The van der Waals surface area contributed by atoms with Crippen LogP contribution >= 0.6 is 0 Å². The molecule has 0 fully saturated rings. The summed E-state index contributed by atoms with van der Waals surface area (Å²) in [6.45, 7) is 1.88. The predicted molar refractivity (Wildman–Crippen MR) is 95.5 cm³/mol. The fourth-order valence-electron chi connectivity index (χ4n) is 1.84. The summed E-state index contributed by atoms with van der Waals surface area (Å²) in [4.78, 5) is 0.156. The Labute approximate surface area is 142 Å². The van der Waals surface area contributed by atoms with Crippen LogP contribution in [0.25, 0.3) is 0 Å². The van der Waals surface area contributed by atoms with E-state index in [9.17, 15) is 8.42 Å². The largest absolute Gasteiger partial charge is 0.457 e. The second-order valence-electron chi connectivity index (χ2n) is 5.09. The third-order valence-electron chi connectivity index (χ3n) is 3.07. The Morgan fingerprint density at radius 3 is 1.50 bits per heavy atom. The van der Waals surface area contributed by atoms with Gasteiger partial charge in [0.2, 0.25) is 10.0 Å². The van der Waals surface area contributed by atoms with Crippen LogP contribution in [0.5, 0.6) is 11.5 Å². The lowest BCUT2D eigenvalue weighted by Gasteiger charge is -2.03. The maximum Gasteiger partial charge on any atom is 0.238 e. The zero-order valence-corrected chi connectivity index (χ0v) is 14.1. The highest BCUT2D eigenvalue weighted by Crippen LogP contribution is 2.19. The molecule has 0 bridgehead atoms. The minimum absolute atomic E-state index is 0.156. The Morgan fingerprint density at radius 2 is 1.12 bits per heavy atom. The van der Waals surface area contributed by atoms with Crippen LogP contribution in [-0.2, 0) is 10.0 Å². The van der Waals surface area contributed by atoms with Gasteiger partial charge in [0.1, 0.15) is 11.5 Å². The summed E-state index contributed by atoms with van der Waals surface area (Å²) < 4.78 is 27.0. The van der Waals surface area contributed by atoms with Gasteiger partial charge in [0.25, 0.3) is 0 Å². The molecule has 0 unspecified atom stereocenters. The van der Waals surface area contributed by atoms with Crippen LogP contribution in [0.15, 0.2) is 89.8 Å². The summed E-state index contributed by atoms with van der Waals surface area (Å²) in [5.41, 5.74) is 1.01. The number of nitrogens with two attached hydrogens (primary N) is 1. The fraction of sp³-hybridized carbons (Fsp3) is 0.0526. The molecule has 3 aromatic rings. The van der Waals surface area contributed by atoms with Crippen molar-refractivity contribution in [1.29, 1.82) is 0 Å². The first-order chi connectivity index (χ1) is 11.4. The smallest absolute Gasteiger partial charge is 0.238 e. The van der Waals surface area contributed by atoms with Crippen LogP contribution < -0.4 is 9.88 Å². The normalized spacial score (nSPS) is 10.4. The number of hydrogen-bond donors (Lipinski definition) is 1. The summed E-state index contributed by atoms with van der Waals surface area (Å²) >= 11 is 0. The molecule has 0 aromatic heterocycles. The van der Waals surface area contributed by atoms with Crippen molar-refractivity contribution in [2.45, 2.75) is 11.8 Å². The van der Waals surface area contributed by atoms with Gasteiger partial charge in [-0.1, -0.05) is 54.1 Å². The maximum atomic E-state index is 10.7. The van der Waals surface area contributed by atoms with Gasteiger partial charge in [-0.15, -0.1) is 0 Å². The molecule has 0 saturated heterocycles. The van der Waals surface area contributed by atoms with Crippen molar-refractivity contribution in [3.63, 3.8) is 0 Å². The van der Waals surface area contributed by atoms with Gasteiger partial charge >= 0.3 is 0 Å². The zero-order chi connectivity index (χ0) is 17.4. The molecule has 0 spiro atoms. The third kappa shape index (κ3) is 5.87. The van der Waals surface area contributed by atoms with Crippen LogP contribution in [0.2, 0.25) is 0 Å².